The van der Waals surface area contributed by atoms with Crippen molar-refractivity contribution in [3.05, 3.63) is 38.7 Å². The van der Waals surface area contributed by atoms with E-state index in [0.717, 1.165) is 4.88 Å². The van der Waals surface area contributed by atoms with E-state index in [1.54, 1.807) is 13.0 Å². The quantitative estimate of drug-likeness (QED) is 0.812. The van der Waals surface area contributed by atoms with Gasteiger partial charge in [0.1, 0.15) is 5.82 Å². The fraction of sp³-hybridized carbons (Fsp3) is 0.111. The van der Waals surface area contributed by atoms with Crippen molar-refractivity contribution in [2.24, 2.45) is 0 Å². The van der Waals surface area contributed by atoms with E-state index in [9.17, 15) is 4.79 Å². The highest BCUT2D eigenvalue weighted by molar-refractivity contribution is 7.19. The zero-order chi connectivity index (χ0) is 10.1. The molecular formula is C9H7ClN2OS. The average molecular weight is 227 g/mol. The number of aromatic nitrogens is 2. The summed E-state index contributed by atoms with van der Waals surface area (Å²) in [6.07, 6.45) is 0. The molecular weight excluding hydrogens is 220 g/mol. The number of aromatic amines is 1. The molecule has 0 bridgehead atoms. The Morgan fingerprint density at radius 3 is 2.86 bits per heavy atom. The second kappa shape index (κ2) is 3.55. The summed E-state index contributed by atoms with van der Waals surface area (Å²) in [6, 6.07) is 5.11. The largest absolute Gasteiger partial charge is 0.311 e. The van der Waals surface area contributed by atoms with Gasteiger partial charge < -0.3 is 4.98 Å². The zero-order valence-electron chi connectivity index (χ0n) is 7.37. The lowest BCUT2D eigenvalue weighted by Gasteiger charge is -1.96. The fourth-order valence-corrected chi connectivity index (χ4v) is 2.16. The first kappa shape index (κ1) is 9.43. The molecule has 0 aromatic carbocycles. The van der Waals surface area contributed by atoms with Crippen LogP contribution in [0.4, 0.5) is 0 Å². The number of halogens is 1. The summed E-state index contributed by atoms with van der Waals surface area (Å²) in [5, 5.41) is 0. The van der Waals surface area contributed by atoms with Gasteiger partial charge in [0.15, 0.2) is 0 Å². The van der Waals surface area contributed by atoms with Gasteiger partial charge in [-0.3, -0.25) is 4.79 Å². The van der Waals surface area contributed by atoms with Gasteiger partial charge in [-0.1, -0.05) is 11.6 Å². The molecule has 0 radical (unpaired) electrons. The Kier molecular flexibility index (Phi) is 2.39. The molecule has 3 nitrogen and oxygen atoms in total. The van der Waals surface area contributed by atoms with Crippen molar-refractivity contribution in [3.63, 3.8) is 0 Å². The highest BCUT2D eigenvalue weighted by Crippen LogP contribution is 2.28. The number of aryl methyl sites for hydroxylation is 1. The molecule has 0 aliphatic carbocycles. The predicted molar refractivity (Wildman–Crippen MR) is 57.9 cm³/mol. The summed E-state index contributed by atoms with van der Waals surface area (Å²) < 4.78 is 0.694. The van der Waals surface area contributed by atoms with Crippen LogP contribution in [-0.4, -0.2) is 9.97 Å². The SMILES string of the molecule is Cc1nc(-c2ccc(Cl)s2)cc(=O)[nH]1. The molecule has 0 unspecified atom stereocenters. The van der Waals surface area contributed by atoms with Crippen molar-refractivity contribution >= 4 is 22.9 Å². The molecule has 0 amide bonds. The van der Waals surface area contributed by atoms with Crippen LogP contribution >= 0.6 is 22.9 Å². The van der Waals surface area contributed by atoms with E-state index < -0.39 is 0 Å². The minimum Gasteiger partial charge on any atom is -0.311 e. The molecule has 2 aromatic heterocycles. The molecule has 0 saturated carbocycles. The van der Waals surface area contributed by atoms with Crippen LogP contribution in [0.3, 0.4) is 0 Å². The average Bonchev–Trinajstić information content (AvgIpc) is 2.50. The maximum Gasteiger partial charge on any atom is 0.251 e. The van der Waals surface area contributed by atoms with E-state index in [1.165, 1.54) is 17.4 Å². The van der Waals surface area contributed by atoms with Gasteiger partial charge in [0, 0.05) is 6.07 Å². The van der Waals surface area contributed by atoms with E-state index in [-0.39, 0.29) is 5.56 Å². The second-order valence-corrected chi connectivity index (χ2v) is 4.53. The molecule has 2 heterocycles. The highest BCUT2D eigenvalue weighted by atomic mass is 35.5. The van der Waals surface area contributed by atoms with Gasteiger partial charge in [0.2, 0.25) is 0 Å². The van der Waals surface area contributed by atoms with Crippen LogP contribution in [-0.2, 0) is 0 Å². The fourth-order valence-electron chi connectivity index (χ4n) is 1.16. The number of nitrogens with one attached hydrogen (secondary N) is 1. The maximum atomic E-state index is 11.2. The third kappa shape index (κ3) is 1.86. The Labute approximate surface area is 89.4 Å². The summed E-state index contributed by atoms with van der Waals surface area (Å²) in [5.41, 5.74) is 0.528. The number of thiophene rings is 1. The van der Waals surface area contributed by atoms with Crippen LogP contribution in [0.1, 0.15) is 5.82 Å². The lowest BCUT2D eigenvalue weighted by molar-refractivity contribution is 1.03. The summed E-state index contributed by atoms with van der Waals surface area (Å²) in [4.78, 5) is 18.9. The molecule has 14 heavy (non-hydrogen) atoms. The van der Waals surface area contributed by atoms with Crippen molar-refractivity contribution in [1.82, 2.24) is 9.97 Å². The molecule has 2 aromatic rings. The van der Waals surface area contributed by atoms with Crippen molar-refractivity contribution in [3.8, 4) is 10.6 Å². The first-order valence-corrected chi connectivity index (χ1v) is 5.18. The monoisotopic (exact) mass is 226 g/mol. The van der Waals surface area contributed by atoms with E-state index in [0.29, 0.717) is 15.9 Å². The van der Waals surface area contributed by atoms with Crippen LogP contribution < -0.4 is 5.56 Å². The predicted octanol–water partition coefficient (Wildman–Crippen LogP) is 2.46. The third-order valence-corrected chi connectivity index (χ3v) is 2.94. The first-order chi connectivity index (χ1) is 6.65. The number of H-pyrrole nitrogens is 1. The molecule has 1 N–H and O–H groups in total. The lowest BCUT2D eigenvalue weighted by atomic mass is 10.3. The summed E-state index contributed by atoms with van der Waals surface area (Å²) in [5.74, 6) is 0.608. The van der Waals surface area contributed by atoms with E-state index in [2.05, 4.69) is 9.97 Å². The van der Waals surface area contributed by atoms with Crippen molar-refractivity contribution in [2.75, 3.05) is 0 Å². The summed E-state index contributed by atoms with van der Waals surface area (Å²) in [7, 11) is 0. The number of hydrogen-bond acceptors (Lipinski definition) is 3. The first-order valence-electron chi connectivity index (χ1n) is 3.99. The molecule has 0 saturated heterocycles. The normalized spacial score (nSPS) is 10.4. The van der Waals surface area contributed by atoms with E-state index in [4.69, 9.17) is 11.6 Å². The number of hydrogen-bond donors (Lipinski definition) is 1. The van der Waals surface area contributed by atoms with Gasteiger partial charge in [-0.25, -0.2) is 4.98 Å². The molecule has 0 atom stereocenters. The van der Waals surface area contributed by atoms with Gasteiger partial charge in [-0.05, 0) is 19.1 Å². The third-order valence-electron chi connectivity index (χ3n) is 1.69. The van der Waals surface area contributed by atoms with Crippen LogP contribution in [0, 0.1) is 6.92 Å². The van der Waals surface area contributed by atoms with E-state index in [1.807, 2.05) is 6.07 Å². The van der Waals surface area contributed by atoms with Gasteiger partial charge in [-0.2, -0.15) is 0 Å². The Balaban J connectivity index is 2.56. The minimum atomic E-state index is -0.142. The molecule has 0 aliphatic heterocycles. The molecule has 0 fully saturated rings. The Bertz CT molecular complexity index is 518. The highest BCUT2D eigenvalue weighted by Gasteiger charge is 2.04. The number of nitrogens with zero attached hydrogens (tertiary/aromatic N) is 1. The smallest absolute Gasteiger partial charge is 0.251 e. The van der Waals surface area contributed by atoms with Crippen molar-refractivity contribution in [2.45, 2.75) is 6.92 Å². The second-order valence-electron chi connectivity index (χ2n) is 2.82. The van der Waals surface area contributed by atoms with Crippen LogP contribution in [0.5, 0.6) is 0 Å². The lowest BCUT2D eigenvalue weighted by Crippen LogP contribution is -2.07. The molecule has 72 valence electrons. The van der Waals surface area contributed by atoms with Gasteiger partial charge in [-0.15, -0.1) is 11.3 Å². The molecule has 0 spiro atoms. The van der Waals surface area contributed by atoms with Gasteiger partial charge >= 0.3 is 0 Å². The Morgan fingerprint density at radius 1 is 1.50 bits per heavy atom. The zero-order valence-corrected chi connectivity index (χ0v) is 8.95. The van der Waals surface area contributed by atoms with Gasteiger partial charge in [0.25, 0.3) is 5.56 Å². The number of rotatable bonds is 1. The maximum absolute atomic E-state index is 11.2. The Morgan fingerprint density at radius 2 is 2.29 bits per heavy atom. The van der Waals surface area contributed by atoms with E-state index >= 15 is 0 Å². The molecule has 5 heteroatoms. The van der Waals surface area contributed by atoms with Gasteiger partial charge in [0.05, 0.1) is 14.9 Å². The summed E-state index contributed by atoms with van der Waals surface area (Å²) >= 11 is 7.20. The van der Waals surface area contributed by atoms with Crippen molar-refractivity contribution < 1.29 is 0 Å². The summed E-state index contributed by atoms with van der Waals surface area (Å²) in [6.45, 7) is 1.75. The van der Waals surface area contributed by atoms with Crippen LogP contribution in [0.25, 0.3) is 10.6 Å². The minimum absolute atomic E-state index is 0.142. The topological polar surface area (TPSA) is 45.8 Å². The van der Waals surface area contributed by atoms with Crippen molar-refractivity contribution in [1.29, 1.82) is 0 Å². The standard InChI is InChI=1S/C9H7ClN2OS/c1-5-11-6(4-9(13)12-5)7-2-3-8(10)14-7/h2-4H,1H3,(H,11,12,13). The molecule has 2 rings (SSSR count). The van der Waals surface area contributed by atoms with Crippen LogP contribution in [0.15, 0.2) is 23.0 Å². The Hall–Kier alpha value is -1.13. The molecule has 0 aliphatic rings. The van der Waals surface area contributed by atoms with Crippen LogP contribution in [0.2, 0.25) is 4.34 Å².